The highest BCUT2D eigenvalue weighted by atomic mass is 16.4. The summed E-state index contributed by atoms with van der Waals surface area (Å²) in [6, 6.07) is 54.3. The standard InChI is InChI=1S/C45H27NO2/c47-44-35-26-28(21-22-29(35)33-15-5-10-20-42(33)48-44)46-41-19-9-4-14-32(41)34-23-24-40-36(43(34)46)25-27-11-1-6-16-37(27)45(40)38-17-7-2-12-30(38)31-13-3-8-18-39(31)45/h1-24,26H,25H2. The summed E-state index contributed by atoms with van der Waals surface area (Å²) in [5.74, 6) is 0. The molecule has 2 aromatic heterocycles. The van der Waals surface area contributed by atoms with E-state index in [4.69, 9.17) is 4.42 Å². The fourth-order valence-corrected chi connectivity index (χ4v) is 9.12. The van der Waals surface area contributed by atoms with Gasteiger partial charge in [0.05, 0.1) is 21.8 Å². The van der Waals surface area contributed by atoms with Gasteiger partial charge in [0.15, 0.2) is 0 Å². The lowest BCUT2D eigenvalue weighted by molar-refractivity contribution is 0.569. The van der Waals surface area contributed by atoms with Crippen LogP contribution in [0.3, 0.4) is 0 Å². The van der Waals surface area contributed by atoms with E-state index in [1.165, 1.54) is 60.8 Å². The first-order valence-electron chi connectivity index (χ1n) is 16.5. The first-order chi connectivity index (χ1) is 23.7. The smallest absolute Gasteiger partial charge is 0.344 e. The molecular formula is C45H27NO2. The van der Waals surface area contributed by atoms with Crippen LogP contribution in [0.15, 0.2) is 161 Å². The number of nitrogens with zero attached hydrogens (tertiary/aromatic N) is 1. The maximum Gasteiger partial charge on any atom is 0.344 e. The van der Waals surface area contributed by atoms with Gasteiger partial charge in [-0.05, 0) is 68.8 Å². The molecule has 2 aliphatic rings. The first kappa shape index (κ1) is 25.9. The van der Waals surface area contributed by atoms with Gasteiger partial charge >= 0.3 is 5.63 Å². The van der Waals surface area contributed by atoms with Crippen molar-refractivity contribution < 1.29 is 4.42 Å². The number of aromatic nitrogens is 1. The average Bonchev–Trinajstić information content (AvgIpc) is 3.63. The van der Waals surface area contributed by atoms with E-state index in [0.29, 0.717) is 11.0 Å². The van der Waals surface area contributed by atoms with Gasteiger partial charge in [-0.2, -0.15) is 0 Å². The number of para-hydroxylation sites is 2. The van der Waals surface area contributed by atoms with Gasteiger partial charge < -0.3 is 8.98 Å². The number of rotatable bonds is 1. The van der Waals surface area contributed by atoms with Crippen molar-refractivity contribution in [3.63, 3.8) is 0 Å². The Labute approximate surface area is 275 Å². The van der Waals surface area contributed by atoms with E-state index in [1.807, 2.05) is 30.3 Å². The molecule has 0 bridgehead atoms. The zero-order chi connectivity index (χ0) is 31.6. The van der Waals surface area contributed by atoms with E-state index in [9.17, 15) is 4.79 Å². The van der Waals surface area contributed by atoms with Gasteiger partial charge in [-0.1, -0.05) is 127 Å². The molecule has 0 radical (unpaired) electrons. The topological polar surface area (TPSA) is 35.1 Å². The van der Waals surface area contributed by atoms with Gasteiger partial charge in [0.25, 0.3) is 0 Å². The van der Waals surface area contributed by atoms with E-state index in [2.05, 4.69) is 126 Å². The second kappa shape index (κ2) is 9.21. The summed E-state index contributed by atoms with van der Waals surface area (Å²) in [6.07, 6.45) is 0.811. The first-order valence-corrected chi connectivity index (χ1v) is 16.5. The second-order valence-corrected chi connectivity index (χ2v) is 13.1. The van der Waals surface area contributed by atoms with E-state index in [1.54, 1.807) is 0 Å². The van der Waals surface area contributed by atoms with Crippen LogP contribution in [0.2, 0.25) is 0 Å². The zero-order valence-electron chi connectivity index (χ0n) is 25.9. The Balaban J connectivity index is 1.30. The molecule has 3 nitrogen and oxygen atoms in total. The van der Waals surface area contributed by atoms with Crippen molar-refractivity contribution in [2.45, 2.75) is 11.8 Å². The average molecular weight is 614 g/mol. The van der Waals surface area contributed by atoms with Crippen LogP contribution in [-0.4, -0.2) is 4.57 Å². The van der Waals surface area contributed by atoms with Crippen molar-refractivity contribution in [1.29, 1.82) is 0 Å². The Morgan fingerprint density at radius 1 is 0.521 bits per heavy atom. The number of hydrogen-bond donors (Lipinski definition) is 0. The molecule has 0 saturated heterocycles. The minimum Gasteiger partial charge on any atom is -0.422 e. The predicted octanol–water partition coefficient (Wildman–Crippen LogP) is 10.3. The van der Waals surface area contributed by atoms with Gasteiger partial charge in [0, 0.05) is 33.7 Å². The monoisotopic (exact) mass is 613 g/mol. The van der Waals surface area contributed by atoms with E-state index < -0.39 is 5.41 Å². The van der Waals surface area contributed by atoms with Crippen LogP contribution >= 0.6 is 0 Å². The molecule has 1 spiro atoms. The fourth-order valence-electron chi connectivity index (χ4n) is 9.12. The van der Waals surface area contributed by atoms with Crippen LogP contribution in [0.25, 0.3) is 60.4 Å². The number of fused-ring (bicyclic) bond motifs is 16. The van der Waals surface area contributed by atoms with Crippen molar-refractivity contribution >= 4 is 43.5 Å². The third kappa shape index (κ3) is 3.11. The van der Waals surface area contributed by atoms with Crippen LogP contribution in [0.1, 0.15) is 33.4 Å². The van der Waals surface area contributed by atoms with Crippen LogP contribution in [-0.2, 0) is 11.8 Å². The highest BCUT2D eigenvalue weighted by Gasteiger charge is 2.50. The molecule has 0 N–H and O–H groups in total. The lowest BCUT2D eigenvalue weighted by Gasteiger charge is -2.40. The van der Waals surface area contributed by atoms with Crippen LogP contribution in [0.5, 0.6) is 0 Å². The summed E-state index contributed by atoms with van der Waals surface area (Å²) in [5, 5.41) is 4.84. The molecule has 0 saturated carbocycles. The summed E-state index contributed by atoms with van der Waals surface area (Å²) >= 11 is 0. The summed E-state index contributed by atoms with van der Waals surface area (Å²) in [7, 11) is 0. The maximum atomic E-state index is 13.4. The van der Waals surface area contributed by atoms with Gasteiger partial charge in [-0.3, -0.25) is 0 Å². The van der Waals surface area contributed by atoms with E-state index in [0.717, 1.165) is 28.4 Å². The van der Waals surface area contributed by atoms with Crippen LogP contribution in [0.4, 0.5) is 0 Å². The lowest BCUT2D eigenvalue weighted by Crippen LogP contribution is -2.34. The fraction of sp³-hybridized carbons (Fsp3) is 0.0444. The molecule has 0 unspecified atom stereocenters. The Morgan fingerprint density at radius 2 is 1.17 bits per heavy atom. The van der Waals surface area contributed by atoms with Gasteiger partial charge in [-0.15, -0.1) is 0 Å². The minimum absolute atomic E-state index is 0.319. The van der Waals surface area contributed by atoms with Crippen molar-refractivity contribution in [3.05, 3.63) is 195 Å². The molecule has 0 atom stereocenters. The van der Waals surface area contributed by atoms with Crippen molar-refractivity contribution in [3.8, 4) is 16.8 Å². The van der Waals surface area contributed by atoms with Crippen LogP contribution < -0.4 is 5.63 Å². The largest absolute Gasteiger partial charge is 0.422 e. The molecule has 0 amide bonds. The Hall–Kier alpha value is -6.19. The Bertz CT molecular complexity index is 2860. The maximum absolute atomic E-state index is 13.4. The summed E-state index contributed by atoms with van der Waals surface area (Å²) in [4.78, 5) is 13.4. The highest BCUT2D eigenvalue weighted by Crippen LogP contribution is 2.60. The second-order valence-electron chi connectivity index (χ2n) is 13.1. The lowest BCUT2D eigenvalue weighted by atomic mass is 9.61. The minimum atomic E-state index is -0.448. The van der Waals surface area contributed by atoms with Gasteiger partial charge in [0.2, 0.25) is 0 Å². The third-order valence-corrected chi connectivity index (χ3v) is 10.9. The Kier molecular flexibility index (Phi) is 4.98. The molecule has 2 aliphatic carbocycles. The van der Waals surface area contributed by atoms with E-state index in [-0.39, 0.29) is 5.63 Å². The Morgan fingerprint density at radius 3 is 1.98 bits per heavy atom. The molecular weight excluding hydrogens is 587 g/mol. The van der Waals surface area contributed by atoms with Gasteiger partial charge in [-0.25, -0.2) is 4.79 Å². The molecule has 224 valence electrons. The van der Waals surface area contributed by atoms with Crippen molar-refractivity contribution in [1.82, 2.24) is 4.57 Å². The molecule has 9 aromatic rings. The molecule has 48 heavy (non-hydrogen) atoms. The number of benzene rings is 7. The number of hydrogen-bond acceptors (Lipinski definition) is 2. The van der Waals surface area contributed by atoms with Gasteiger partial charge in [0.1, 0.15) is 5.58 Å². The molecule has 2 heterocycles. The van der Waals surface area contributed by atoms with Crippen molar-refractivity contribution in [2.24, 2.45) is 0 Å². The molecule has 0 fully saturated rings. The van der Waals surface area contributed by atoms with Crippen LogP contribution in [0, 0.1) is 0 Å². The zero-order valence-corrected chi connectivity index (χ0v) is 25.9. The molecule has 0 aliphatic heterocycles. The van der Waals surface area contributed by atoms with E-state index >= 15 is 0 Å². The normalized spacial score (nSPS) is 14.0. The predicted molar refractivity (Wildman–Crippen MR) is 194 cm³/mol. The molecule has 7 aromatic carbocycles. The third-order valence-electron chi connectivity index (χ3n) is 10.9. The quantitative estimate of drug-likeness (QED) is 0.136. The summed E-state index contributed by atoms with van der Waals surface area (Å²) in [5.41, 5.74) is 13.7. The molecule has 11 rings (SSSR count). The molecule has 3 heteroatoms. The highest BCUT2D eigenvalue weighted by molar-refractivity contribution is 6.12. The van der Waals surface area contributed by atoms with Crippen molar-refractivity contribution in [2.75, 3.05) is 0 Å². The summed E-state index contributed by atoms with van der Waals surface area (Å²) < 4.78 is 8.20. The SMILES string of the molecule is O=c1oc2ccccc2c2ccc(-n3c4ccccc4c4ccc5c(c43)Cc3ccccc3C53c4ccccc4-c4ccccc43)cc12. The summed E-state index contributed by atoms with van der Waals surface area (Å²) in [6.45, 7) is 0.